The number of carboxylic acids is 1. The highest BCUT2D eigenvalue weighted by molar-refractivity contribution is 8.14. The molecule has 4 rings (SSSR count). The fourth-order valence-electron chi connectivity index (χ4n) is 2.79. The molecule has 2 heterocycles. The Morgan fingerprint density at radius 1 is 1.16 bits per heavy atom. The highest BCUT2D eigenvalue weighted by Gasteiger charge is 2.50. The van der Waals surface area contributed by atoms with E-state index in [0.29, 0.717) is 22.0 Å². The van der Waals surface area contributed by atoms with Gasteiger partial charge < -0.3 is 15.1 Å². The van der Waals surface area contributed by atoms with Crippen LogP contribution in [-0.2, 0) is 9.63 Å². The lowest BCUT2D eigenvalue weighted by molar-refractivity contribution is -0.529. The molecule has 2 N–H and O–H groups in total. The second-order valence-corrected chi connectivity index (χ2v) is 6.68. The topological polar surface area (TPSA) is 94.5 Å². The van der Waals surface area contributed by atoms with Crippen molar-refractivity contribution in [3.8, 4) is 0 Å². The van der Waals surface area contributed by atoms with E-state index in [2.05, 4.69) is 10.3 Å². The molecule has 0 radical (unpaired) electrons. The molecule has 2 aliphatic heterocycles. The zero-order valence-electron chi connectivity index (χ0n) is 12.9. The fourth-order valence-corrected chi connectivity index (χ4v) is 3.93. The third-order valence-corrected chi connectivity index (χ3v) is 5.24. The van der Waals surface area contributed by atoms with E-state index < -0.39 is 23.6 Å². The predicted octanol–water partition coefficient (Wildman–Crippen LogP) is 3.02. The molecule has 3 atom stereocenters. The van der Waals surface area contributed by atoms with Crippen molar-refractivity contribution in [3.05, 3.63) is 60.2 Å². The van der Waals surface area contributed by atoms with Gasteiger partial charge in [0.2, 0.25) is 0 Å². The maximum Gasteiger partial charge on any atom is 0.321 e. The average Bonchev–Trinajstić information content (AvgIpc) is 3.02. The number of hydrogen-bond donors (Lipinski definition) is 2. The molecule has 2 aromatic carbocycles. The van der Waals surface area contributed by atoms with Crippen LogP contribution in [0.1, 0.15) is 10.8 Å². The van der Waals surface area contributed by atoms with E-state index in [1.54, 1.807) is 29.0 Å². The number of benzene rings is 2. The van der Waals surface area contributed by atoms with E-state index in [4.69, 9.17) is 4.84 Å². The maximum absolute atomic E-state index is 11.8. The summed E-state index contributed by atoms with van der Waals surface area (Å²) in [5.74, 6) is -0.977. The number of aliphatic imine (C=N–C) groups is 1. The number of carbonyl (C=O) groups is 1. The van der Waals surface area contributed by atoms with Gasteiger partial charge in [0.25, 0.3) is 11.7 Å². The molecule has 0 bridgehead atoms. The largest absolute Gasteiger partial charge is 0.480 e. The molecular formula is C17H14N3O4S+. The van der Waals surface area contributed by atoms with Crippen LogP contribution >= 0.6 is 11.8 Å². The van der Waals surface area contributed by atoms with Crippen molar-refractivity contribution in [2.75, 3.05) is 0 Å². The van der Waals surface area contributed by atoms with Gasteiger partial charge in [-0.05, 0) is 16.3 Å². The first-order valence-corrected chi connectivity index (χ1v) is 8.49. The monoisotopic (exact) mass is 356 g/mol. The van der Waals surface area contributed by atoms with Gasteiger partial charge in [-0.15, -0.1) is 0 Å². The predicted molar refractivity (Wildman–Crippen MR) is 91.2 cm³/mol. The third-order valence-electron chi connectivity index (χ3n) is 3.95. The Labute approximate surface area is 147 Å². The van der Waals surface area contributed by atoms with E-state index >= 15 is 0 Å². The summed E-state index contributed by atoms with van der Waals surface area (Å²) < 4.78 is 1.54. The highest BCUT2D eigenvalue weighted by atomic mass is 32.2. The first-order chi connectivity index (χ1) is 12.1. The van der Waals surface area contributed by atoms with Crippen molar-refractivity contribution in [3.63, 3.8) is 0 Å². The summed E-state index contributed by atoms with van der Waals surface area (Å²) in [6.07, 6.45) is -1.20. The Bertz CT molecular complexity index is 884. The van der Waals surface area contributed by atoms with Crippen molar-refractivity contribution in [1.82, 2.24) is 0 Å². The van der Waals surface area contributed by atoms with Crippen molar-refractivity contribution in [2.45, 2.75) is 17.6 Å². The standard InChI is InChI=1S/C17H13N3O4S/c21-16(22)14(10-6-2-1-3-7-10)25-15-13-17(23)24-19-20(13)12-9-5-4-8-11(12)18-15/h1-9,13-14,17,23H/p+1. The highest BCUT2D eigenvalue weighted by Crippen LogP contribution is 2.42. The fraction of sp³-hybridized carbons (Fsp3) is 0.176. The number of para-hydroxylation sites is 2. The van der Waals surface area contributed by atoms with Crippen LogP contribution in [0.4, 0.5) is 11.4 Å². The molecule has 0 saturated carbocycles. The molecule has 2 aliphatic rings. The van der Waals surface area contributed by atoms with Gasteiger partial charge in [-0.1, -0.05) is 54.2 Å². The molecule has 0 saturated heterocycles. The maximum atomic E-state index is 11.8. The normalized spacial score (nSPS) is 22.1. The second-order valence-electron chi connectivity index (χ2n) is 5.55. The summed E-state index contributed by atoms with van der Waals surface area (Å²) in [6, 6.07) is 15.6. The Kier molecular flexibility index (Phi) is 3.98. The van der Waals surface area contributed by atoms with Crippen LogP contribution in [0.5, 0.6) is 0 Å². The van der Waals surface area contributed by atoms with Gasteiger partial charge in [0.15, 0.2) is 10.3 Å². The number of hydrogen-bond acceptors (Lipinski definition) is 6. The van der Waals surface area contributed by atoms with Crippen molar-refractivity contribution in [2.24, 2.45) is 10.3 Å². The minimum atomic E-state index is -1.20. The molecule has 8 heteroatoms. The lowest BCUT2D eigenvalue weighted by Gasteiger charge is -2.19. The number of nitrogens with zero attached hydrogens (tertiary/aromatic N) is 3. The molecule has 0 aliphatic carbocycles. The van der Waals surface area contributed by atoms with Gasteiger partial charge in [-0.25, -0.2) is 4.99 Å². The van der Waals surface area contributed by atoms with E-state index in [-0.39, 0.29) is 0 Å². The molecule has 0 spiro atoms. The number of aliphatic hydroxyl groups is 1. The zero-order valence-corrected chi connectivity index (χ0v) is 13.7. The van der Waals surface area contributed by atoms with Crippen LogP contribution in [0.25, 0.3) is 0 Å². The van der Waals surface area contributed by atoms with Gasteiger partial charge in [-0.3, -0.25) is 4.79 Å². The minimum absolute atomic E-state index is 0.448. The van der Waals surface area contributed by atoms with Crippen LogP contribution in [0.2, 0.25) is 0 Å². The first-order valence-electron chi connectivity index (χ1n) is 7.61. The van der Waals surface area contributed by atoms with Crippen LogP contribution in [0.3, 0.4) is 0 Å². The number of fused-ring (bicyclic) bond motifs is 3. The van der Waals surface area contributed by atoms with Crippen molar-refractivity contribution >= 4 is 34.1 Å². The van der Waals surface area contributed by atoms with Gasteiger partial charge in [0.1, 0.15) is 10.9 Å². The molecule has 2 aromatic rings. The molecule has 3 unspecified atom stereocenters. The lowest BCUT2D eigenvalue weighted by atomic mass is 10.1. The summed E-state index contributed by atoms with van der Waals surface area (Å²) in [4.78, 5) is 21.3. The number of aliphatic carboxylic acids is 1. The number of rotatable bonds is 3. The number of aliphatic hydroxyl groups excluding tert-OH is 1. The van der Waals surface area contributed by atoms with Crippen LogP contribution in [-0.4, -0.2) is 38.3 Å². The van der Waals surface area contributed by atoms with Crippen molar-refractivity contribution < 1.29 is 24.5 Å². The molecule has 0 amide bonds. The lowest BCUT2D eigenvalue weighted by Crippen LogP contribution is -2.38. The molecule has 0 fully saturated rings. The van der Waals surface area contributed by atoms with E-state index in [1.807, 2.05) is 30.3 Å². The molecule has 7 nitrogen and oxygen atoms in total. The molecular weight excluding hydrogens is 342 g/mol. The molecule has 25 heavy (non-hydrogen) atoms. The second kappa shape index (κ2) is 6.30. The van der Waals surface area contributed by atoms with Crippen LogP contribution in [0.15, 0.2) is 64.9 Å². The van der Waals surface area contributed by atoms with Crippen LogP contribution < -0.4 is 0 Å². The summed E-state index contributed by atoms with van der Waals surface area (Å²) in [6.45, 7) is 0. The summed E-state index contributed by atoms with van der Waals surface area (Å²) in [5, 5.41) is 23.3. The number of thioether (sulfide) groups is 1. The third kappa shape index (κ3) is 2.79. The quantitative estimate of drug-likeness (QED) is 0.825. The Balaban J connectivity index is 1.75. The molecule has 0 aromatic heterocycles. The van der Waals surface area contributed by atoms with E-state index in [9.17, 15) is 15.0 Å². The van der Waals surface area contributed by atoms with Gasteiger partial charge in [0.05, 0.1) is 0 Å². The van der Waals surface area contributed by atoms with Crippen molar-refractivity contribution in [1.29, 1.82) is 0 Å². The summed E-state index contributed by atoms with van der Waals surface area (Å²) in [5.41, 5.74) is 2.01. The van der Waals surface area contributed by atoms with Gasteiger partial charge >= 0.3 is 12.3 Å². The average molecular weight is 356 g/mol. The summed E-state index contributed by atoms with van der Waals surface area (Å²) >= 11 is 1.08. The Morgan fingerprint density at radius 3 is 2.64 bits per heavy atom. The van der Waals surface area contributed by atoms with Crippen LogP contribution in [0, 0.1) is 0 Å². The van der Waals surface area contributed by atoms with Gasteiger partial charge in [-0.2, -0.15) is 0 Å². The van der Waals surface area contributed by atoms with E-state index in [0.717, 1.165) is 11.8 Å². The minimum Gasteiger partial charge on any atom is -0.480 e. The zero-order chi connectivity index (χ0) is 17.4. The Hall–Kier alpha value is -2.71. The van der Waals surface area contributed by atoms with E-state index in [1.165, 1.54) is 0 Å². The smallest absolute Gasteiger partial charge is 0.321 e. The number of carboxylic acid groups (broad SMARTS) is 1. The first kappa shape index (κ1) is 15.8. The Morgan fingerprint density at radius 2 is 1.88 bits per heavy atom. The van der Waals surface area contributed by atoms with Gasteiger partial charge in [0, 0.05) is 6.07 Å². The molecule has 126 valence electrons. The SMILES string of the molecule is O=C(O)C(SC1=Nc2ccccc2[N+]2=NOC(O)C12)c1ccccc1. The summed E-state index contributed by atoms with van der Waals surface area (Å²) in [7, 11) is 0.